The first-order valence-electron chi connectivity index (χ1n) is 5.35. The molecule has 2 atom stereocenters. The first-order chi connectivity index (χ1) is 7.24. The third-order valence-corrected chi connectivity index (χ3v) is 2.58. The molecule has 0 aromatic carbocycles. The minimum absolute atomic E-state index is 0.00320. The number of ether oxygens (including phenoxy) is 2. The van der Waals surface area contributed by atoms with E-state index in [-0.39, 0.29) is 11.3 Å². The van der Waals surface area contributed by atoms with Gasteiger partial charge in [-0.25, -0.2) is 0 Å². The Balaban J connectivity index is 2.16. The van der Waals surface area contributed by atoms with Crippen LogP contribution >= 0.6 is 11.6 Å². The van der Waals surface area contributed by atoms with Crippen LogP contribution in [0.4, 0.5) is 0 Å². The van der Waals surface area contributed by atoms with Crippen molar-refractivity contribution in [2.45, 2.75) is 31.2 Å². The molecular weight excluding hydrogens is 218 g/mol. The summed E-state index contributed by atoms with van der Waals surface area (Å²) >= 11 is 5.98. The summed E-state index contributed by atoms with van der Waals surface area (Å²) in [5, 5.41) is 2.76. The van der Waals surface area contributed by atoms with Crippen molar-refractivity contribution in [1.82, 2.24) is 5.32 Å². The zero-order valence-electron chi connectivity index (χ0n) is 9.00. The van der Waals surface area contributed by atoms with Crippen LogP contribution in [0.15, 0.2) is 0 Å². The van der Waals surface area contributed by atoms with Crippen molar-refractivity contribution in [1.29, 1.82) is 0 Å². The first kappa shape index (κ1) is 12.7. The van der Waals surface area contributed by atoms with E-state index in [1.807, 2.05) is 0 Å². The molecule has 1 amide bonds. The van der Waals surface area contributed by atoms with Crippen molar-refractivity contribution >= 4 is 17.5 Å². The Morgan fingerprint density at radius 1 is 1.60 bits per heavy atom. The number of halogens is 1. The second-order valence-corrected chi connectivity index (χ2v) is 4.18. The fraction of sp³-hybridized carbons (Fsp3) is 0.900. The maximum absolute atomic E-state index is 11.5. The van der Waals surface area contributed by atoms with Gasteiger partial charge in [-0.1, -0.05) is 13.3 Å². The van der Waals surface area contributed by atoms with Gasteiger partial charge < -0.3 is 14.8 Å². The summed E-state index contributed by atoms with van der Waals surface area (Å²) in [5.74, 6) is -0.128. The maximum Gasteiger partial charge on any atom is 0.251 e. The van der Waals surface area contributed by atoms with Gasteiger partial charge in [-0.3, -0.25) is 4.79 Å². The van der Waals surface area contributed by atoms with Gasteiger partial charge in [0.15, 0.2) is 6.10 Å². The molecule has 4 nitrogen and oxygen atoms in total. The molecule has 1 aliphatic heterocycles. The van der Waals surface area contributed by atoms with Gasteiger partial charge in [0, 0.05) is 6.54 Å². The SMILES string of the molecule is CCCC(Cl)CNC(=O)C1COCCO1. The van der Waals surface area contributed by atoms with Gasteiger partial charge in [0.05, 0.1) is 25.2 Å². The number of nitrogens with one attached hydrogen (secondary N) is 1. The Morgan fingerprint density at radius 3 is 3.00 bits per heavy atom. The molecule has 15 heavy (non-hydrogen) atoms. The van der Waals surface area contributed by atoms with Crippen LogP contribution in [0.5, 0.6) is 0 Å². The van der Waals surface area contributed by atoms with Crippen LogP contribution in [-0.2, 0) is 14.3 Å². The topological polar surface area (TPSA) is 47.6 Å². The Bertz CT molecular complexity index is 195. The number of rotatable bonds is 5. The third-order valence-electron chi connectivity index (χ3n) is 2.21. The molecule has 2 unspecified atom stereocenters. The zero-order chi connectivity index (χ0) is 11.1. The van der Waals surface area contributed by atoms with E-state index >= 15 is 0 Å². The predicted molar refractivity (Wildman–Crippen MR) is 58.1 cm³/mol. The quantitative estimate of drug-likeness (QED) is 0.721. The highest BCUT2D eigenvalue weighted by molar-refractivity contribution is 6.20. The molecule has 1 aliphatic rings. The number of carbonyl (C=O) groups is 1. The number of carbonyl (C=O) groups excluding carboxylic acids is 1. The average Bonchev–Trinajstić information content (AvgIpc) is 2.27. The largest absolute Gasteiger partial charge is 0.376 e. The van der Waals surface area contributed by atoms with E-state index in [0.717, 1.165) is 12.8 Å². The van der Waals surface area contributed by atoms with Crippen LogP contribution < -0.4 is 5.32 Å². The number of amides is 1. The molecule has 0 aromatic rings. The lowest BCUT2D eigenvalue weighted by molar-refractivity contribution is -0.147. The molecule has 1 N–H and O–H groups in total. The van der Waals surface area contributed by atoms with E-state index in [4.69, 9.17) is 21.1 Å². The van der Waals surface area contributed by atoms with E-state index in [0.29, 0.717) is 26.4 Å². The highest BCUT2D eigenvalue weighted by Gasteiger charge is 2.22. The van der Waals surface area contributed by atoms with Crippen LogP contribution in [-0.4, -0.2) is 43.8 Å². The van der Waals surface area contributed by atoms with Crippen LogP contribution in [0.3, 0.4) is 0 Å². The summed E-state index contributed by atoms with van der Waals surface area (Å²) in [6.45, 7) is 3.95. The summed E-state index contributed by atoms with van der Waals surface area (Å²) in [7, 11) is 0. The van der Waals surface area contributed by atoms with Crippen LogP contribution in [0.2, 0.25) is 0 Å². The highest BCUT2D eigenvalue weighted by Crippen LogP contribution is 2.04. The molecule has 1 rings (SSSR count). The molecule has 5 heteroatoms. The van der Waals surface area contributed by atoms with Crippen LogP contribution in [0.1, 0.15) is 19.8 Å². The van der Waals surface area contributed by atoms with Gasteiger partial charge in [0.2, 0.25) is 0 Å². The molecule has 0 aromatic heterocycles. The molecule has 0 saturated carbocycles. The van der Waals surface area contributed by atoms with Gasteiger partial charge in [-0.05, 0) is 6.42 Å². The van der Waals surface area contributed by atoms with Crippen molar-refractivity contribution in [3.63, 3.8) is 0 Å². The van der Waals surface area contributed by atoms with Crippen LogP contribution in [0.25, 0.3) is 0 Å². The third kappa shape index (κ3) is 4.82. The standard InChI is InChI=1S/C10H18ClNO3/c1-2-3-8(11)6-12-10(13)9-7-14-4-5-15-9/h8-9H,2-7H2,1H3,(H,12,13). The molecule has 88 valence electrons. The van der Waals surface area contributed by atoms with E-state index in [9.17, 15) is 4.79 Å². The zero-order valence-corrected chi connectivity index (χ0v) is 9.76. The van der Waals surface area contributed by atoms with Gasteiger partial charge in [-0.2, -0.15) is 0 Å². The van der Waals surface area contributed by atoms with E-state index < -0.39 is 6.10 Å². The molecule has 1 heterocycles. The van der Waals surface area contributed by atoms with E-state index in [2.05, 4.69) is 12.2 Å². The minimum Gasteiger partial charge on any atom is -0.376 e. The normalized spacial score (nSPS) is 23.5. The Hall–Kier alpha value is -0.320. The van der Waals surface area contributed by atoms with Gasteiger partial charge in [-0.15, -0.1) is 11.6 Å². The van der Waals surface area contributed by atoms with Gasteiger partial charge in [0.25, 0.3) is 5.91 Å². The lowest BCUT2D eigenvalue weighted by Crippen LogP contribution is -2.44. The molecule has 0 bridgehead atoms. The summed E-state index contributed by atoms with van der Waals surface area (Å²) in [6.07, 6.45) is 1.46. The number of alkyl halides is 1. The van der Waals surface area contributed by atoms with E-state index in [1.54, 1.807) is 0 Å². The maximum atomic E-state index is 11.5. The first-order valence-corrected chi connectivity index (χ1v) is 5.78. The minimum atomic E-state index is -0.468. The Labute approximate surface area is 95.3 Å². The molecular formula is C10H18ClNO3. The predicted octanol–water partition coefficient (Wildman–Crippen LogP) is 0.925. The number of hydrogen-bond acceptors (Lipinski definition) is 3. The monoisotopic (exact) mass is 235 g/mol. The fourth-order valence-electron chi connectivity index (χ4n) is 1.38. The lowest BCUT2D eigenvalue weighted by Gasteiger charge is -2.22. The second kappa shape index (κ2) is 7.04. The van der Waals surface area contributed by atoms with Gasteiger partial charge >= 0.3 is 0 Å². The molecule has 1 fully saturated rings. The molecule has 0 radical (unpaired) electrons. The molecule has 0 aliphatic carbocycles. The van der Waals surface area contributed by atoms with Crippen molar-refractivity contribution in [3.8, 4) is 0 Å². The van der Waals surface area contributed by atoms with Crippen LogP contribution in [0, 0.1) is 0 Å². The summed E-state index contributed by atoms with van der Waals surface area (Å²) < 4.78 is 10.4. The highest BCUT2D eigenvalue weighted by atomic mass is 35.5. The van der Waals surface area contributed by atoms with Crippen molar-refractivity contribution < 1.29 is 14.3 Å². The smallest absolute Gasteiger partial charge is 0.251 e. The average molecular weight is 236 g/mol. The summed E-state index contributed by atoms with van der Waals surface area (Å²) in [4.78, 5) is 11.5. The van der Waals surface area contributed by atoms with Gasteiger partial charge in [0.1, 0.15) is 0 Å². The van der Waals surface area contributed by atoms with Crippen molar-refractivity contribution in [2.75, 3.05) is 26.4 Å². The molecule has 0 spiro atoms. The second-order valence-electron chi connectivity index (χ2n) is 3.57. The number of hydrogen-bond donors (Lipinski definition) is 1. The van der Waals surface area contributed by atoms with Crippen molar-refractivity contribution in [3.05, 3.63) is 0 Å². The van der Waals surface area contributed by atoms with Crippen molar-refractivity contribution in [2.24, 2.45) is 0 Å². The Morgan fingerprint density at radius 2 is 2.40 bits per heavy atom. The summed E-state index contributed by atoms with van der Waals surface area (Å²) in [6, 6.07) is 0. The molecule has 1 saturated heterocycles. The summed E-state index contributed by atoms with van der Waals surface area (Å²) in [5.41, 5.74) is 0. The lowest BCUT2D eigenvalue weighted by atomic mass is 10.2. The van der Waals surface area contributed by atoms with E-state index in [1.165, 1.54) is 0 Å². The fourth-order valence-corrected chi connectivity index (χ4v) is 1.67. The Kier molecular flexibility index (Phi) is 5.98.